The van der Waals surface area contributed by atoms with Crippen LogP contribution >= 0.6 is 0 Å². The highest BCUT2D eigenvalue weighted by atomic mass is 16.5. The second-order valence-corrected chi connectivity index (χ2v) is 6.83. The van der Waals surface area contributed by atoms with Crippen molar-refractivity contribution in [3.8, 4) is 11.5 Å². The smallest absolute Gasteiger partial charge is 0.269 e. The summed E-state index contributed by atoms with van der Waals surface area (Å²) in [6, 6.07) is 11.8. The van der Waals surface area contributed by atoms with Crippen molar-refractivity contribution in [1.29, 1.82) is 0 Å². The molecule has 0 radical (unpaired) electrons. The van der Waals surface area contributed by atoms with Crippen LogP contribution in [-0.4, -0.2) is 42.9 Å². The fourth-order valence-electron chi connectivity index (χ4n) is 3.24. The molecule has 0 unspecified atom stereocenters. The average Bonchev–Trinajstić information content (AvgIpc) is 3.16. The average molecular weight is 411 g/mol. The van der Waals surface area contributed by atoms with E-state index in [2.05, 4.69) is 10.9 Å². The van der Waals surface area contributed by atoms with Crippen LogP contribution in [0.5, 0.6) is 11.5 Å². The van der Waals surface area contributed by atoms with Crippen LogP contribution in [0.4, 0.5) is 0 Å². The van der Waals surface area contributed by atoms with E-state index < -0.39 is 11.8 Å². The summed E-state index contributed by atoms with van der Waals surface area (Å²) in [6.45, 7) is 3.53. The molecule has 1 fully saturated rings. The largest absolute Gasteiger partial charge is 0.493 e. The third kappa shape index (κ3) is 5.08. The molecule has 8 nitrogen and oxygen atoms in total. The van der Waals surface area contributed by atoms with Gasteiger partial charge in [0.05, 0.1) is 13.7 Å². The summed E-state index contributed by atoms with van der Waals surface area (Å²) < 4.78 is 10.7. The topological polar surface area (TPSA) is 97.0 Å². The van der Waals surface area contributed by atoms with Crippen molar-refractivity contribution in [3.63, 3.8) is 0 Å². The molecule has 2 aromatic carbocycles. The van der Waals surface area contributed by atoms with E-state index in [-0.39, 0.29) is 5.91 Å². The Morgan fingerprint density at radius 1 is 1.03 bits per heavy atom. The van der Waals surface area contributed by atoms with Gasteiger partial charge in [0.25, 0.3) is 11.8 Å². The van der Waals surface area contributed by atoms with Crippen LogP contribution in [0.1, 0.15) is 46.0 Å². The Balaban J connectivity index is 1.60. The van der Waals surface area contributed by atoms with E-state index >= 15 is 0 Å². The van der Waals surface area contributed by atoms with E-state index in [4.69, 9.17) is 9.47 Å². The third-order valence-corrected chi connectivity index (χ3v) is 4.75. The van der Waals surface area contributed by atoms with Crippen LogP contribution < -0.4 is 20.3 Å². The highest BCUT2D eigenvalue weighted by Gasteiger charge is 2.20. The molecule has 0 spiro atoms. The zero-order valence-electron chi connectivity index (χ0n) is 17.1. The maximum Gasteiger partial charge on any atom is 0.269 e. The molecule has 0 aliphatic carbocycles. The van der Waals surface area contributed by atoms with E-state index in [1.165, 1.54) is 7.11 Å². The Hall–Kier alpha value is -3.55. The maximum atomic E-state index is 12.4. The summed E-state index contributed by atoms with van der Waals surface area (Å²) in [5.41, 5.74) is 6.38. The lowest BCUT2D eigenvalue weighted by Gasteiger charge is -2.16. The van der Waals surface area contributed by atoms with Gasteiger partial charge in [-0.3, -0.25) is 25.2 Å². The summed E-state index contributed by atoms with van der Waals surface area (Å²) in [6.07, 6.45) is 1.43. The Kier molecular flexibility index (Phi) is 6.90. The van der Waals surface area contributed by atoms with Crippen molar-refractivity contribution in [2.24, 2.45) is 0 Å². The van der Waals surface area contributed by atoms with Crippen molar-refractivity contribution in [2.45, 2.75) is 26.3 Å². The molecule has 30 heavy (non-hydrogen) atoms. The quantitative estimate of drug-likeness (QED) is 0.682. The number of carbonyl (C=O) groups is 3. The van der Waals surface area contributed by atoms with Crippen LogP contribution in [0.2, 0.25) is 0 Å². The summed E-state index contributed by atoms with van der Waals surface area (Å²) >= 11 is 0. The first-order valence-corrected chi connectivity index (χ1v) is 9.80. The Labute approximate surface area is 175 Å². The number of likely N-dealkylation sites (tertiary alicyclic amines) is 1. The first kappa shape index (κ1) is 21.2. The number of carbonyl (C=O) groups excluding carboxylic acids is 3. The summed E-state index contributed by atoms with van der Waals surface area (Å²) in [5.74, 6) is 0.163. The van der Waals surface area contributed by atoms with Crippen LogP contribution in [-0.2, 0) is 11.3 Å². The number of methoxy groups -OCH3 is 1. The predicted molar refractivity (Wildman–Crippen MR) is 110 cm³/mol. The van der Waals surface area contributed by atoms with Gasteiger partial charge in [-0.05, 0) is 49.2 Å². The van der Waals surface area contributed by atoms with Crippen LogP contribution in [0.3, 0.4) is 0 Å². The van der Waals surface area contributed by atoms with Gasteiger partial charge in [-0.2, -0.15) is 0 Å². The van der Waals surface area contributed by atoms with Gasteiger partial charge in [0.2, 0.25) is 5.91 Å². The molecule has 0 bridgehead atoms. The number of hydrogen-bond acceptors (Lipinski definition) is 5. The molecular weight excluding hydrogens is 386 g/mol. The van der Waals surface area contributed by atoms with Crippen molar-refractivity contribution >= 4 is 17.7 Å². The second-order valence-electron chi connectivity index (χ2n) is 6.83. The standard InChI is InChI=1S/C22H25N3O5/c1-3-30-18-10-9-17(13-19(18)29-2)22(28)24-23-21(27)16-7-4-6-15(12-16)14-25-11-5-8-20(25)26/h4,6-7,9-10,12-13H,3,5,8,11,14H2,1-2H3,(H,23,27)(H,24,28). The van der Waals surface area contributed by atoms with Crippen molar-refractivity contribution in [1.82, 2.24) is 15.8 Å². The molecule has 1 aliphatic heterocycles. The van der Waals surface area contributed by atoms with E-state index in [9.17, 15) is 14.4 Å². The maximum absolute atomic E-state index is 12.4. The minimum atomic E-state index is -0.483. The van der Waals surface area contributed by atoms with Gasteiger partial charge in [0.1, 0.15) is 0 Å². The van der Waals surface area contributed by atoms with Crippen molar-refractivity contribution in [3.05, 3.63) is 59.2 Å². The molecule has 2 N–H and O–H groups in total. The molecule has 1 saturated heterocycles. The van der Waals surface area contributed by atoms with Crippen molar-refractivity contribution < 1.29 is 23.9 Å². The molecule has 8 heteroatoms. The van der Waals surface area contributed by atoms with Gasteiger partial charge >= 0.3 is 0 Å². The highest BCUT2D eigenvalue weighted by molar-refractivity contribution is 5.99. The molecular formula is C22H25N3O5. The molecule has 3 rings (SSSR count). The van der Waals surface area contributed by atoms with Crippen LogP contribution in [0.15, 0.2) is 42.5 Å². The number of benzene rings is 2. The normalized spacial score (nSPS) is 13.1. The molecule has 158 valence electrons. The minimum absolute atomic E-state index is 0.128. The van der Waals surface area contributed by atoms with E-state index in [1.54, 1.807) is 41.3 Å². The molecule has 0 atom stereocenters. The molecule has 1 aliphatic rings. The molecule has 3 amide bonds. The summed E-state index contributed by atoms with van der Waals surface area (Å²) in [4.78, 5) is 38.4. The second kappa shape index (κ2) is 9.78. The first-order chi connectivity index (χ1) is 14.5. The summed E-state index contributed by atoms with van der Waals surface area (Å²) in [7, 11) is 1.49. The van der Waals surface area contributed by atoms with Gasteiger partial charge in [-0.1, -0.05) is 12.1 Å². The lowest BCUT2D eigenvalue weighted by atomic mass is 10.1. The Morgan fingerprint density at radius 3 is 2.40 bits per heavy atom. The number of hydrazine groups is 1. The van der Waals surface area contributed by atoms with Gasteiger partial charge in [-0.15, -0.1) is 0 Å². The highest BCUT2D eigenvalue weighted by Crippen LogP contribution is 2.27. The van der Waals surface area contributed by atoms with E-state index in [0.29, 0.717) is 42.2 Å². The number of ether oxygens (including phenoxy) is 2. The number of amides is 3. The zero-order chi connectivity index (χ0) is 21.5. The monoisotopic (exact) mass is 411 g/mol. The SMILES string of the molecule is CCOc1ccc(C(=O)NNC(=O)c2cccc(CN3CCCC3=O)c2)cc1OC. The van der Waals surface area contributed by atoms with Gasteiger partial charge in [-0.25, -0.2) is 0 Å². The number of nitrogens with zero attached hydrogens (tertiary/aromatic N) is 1. The van der Waals surface area contributed by atoms with E-state index in [1.807, 2.05) is 13.0 Å². The molecule has 0 saturated carbocycles. The Bertz CT molecular complexity index is 944. The molecule has 0 aromatic heterocycles. The fourth-order valence-corrected chi connectivity index (χ4v) is 3.24. The van der Waals surface area contributed by atoms with Crippen molar-refractivity contribution in [2.75, 3.05) is 20.3 Å². The zero-order valence-corrected chi connectivity index (χ0v) is 17.1. The predicted octanol–water partition coefficient (Wildman–Crippen LogP) is 2.29. The fraction of sp³-hybridized carbons (Fsp3) is 0.318. The lowest BCUT2D eigenvalue weighted by Crippen LogP contribution is -2.41. The van der Waals surface area contributed by atoms with Gasteiger partial charge in [0, 0.05) is 30.6 Å². The first-order valence-electron chi connectivity index (χ1n) is 9.80. The third-order valence-electron chi connectivity index (χ3n) is 4.75. The summed E-state index contributed by atoms with van der Waals surface area (Å²) in [5, 5.41) is 0. The number of nitrogens with one attached hydrogen (secondary N) is 2. The minimum Gasteiger partial charge on any atom is -0.493 e. The molecule has 1 heterocycles. The Morgan fingerprint density at radius 2 is 1.77 bits per heavy atom. The van der Waals surface area contributed by atoms with Crippen LogP contribution in [0.25, 0.3) is 0 Å². The van der Waals surface area contributed by atoms with E-state index in [0.717, 1.165) is 18.5 Å². The van der Waals surface area contributed by atoms with Crippen LogP contribution in [0, 0.1) is 0 Å². The van der Waals surface area contributed by atoms with Gasteiger partial charge in [0.15, 0.2) is 11.5 Å². The number of rotatable bonds is 7. The number of hydrogen-bond donors (Lipinski definition) is 2. The molecule has 2 aromatic rings. The van der Waals surface area contributed by atoms with Gasteiger partial charge < -0.3 is 14.4 Å². The lowest BCUT2D eigenvalue weighted by molar-refractivity contribution is -0.128.